The summed E-state index contributed by atoms with van der Waals surface area (Å²) in [5.41, 5.74) is 0. The predicted molar refractivity (Wildman–Crippen MR) is 69.3 cm³/mol. The minimum absolute atomic E-state index is 0.124. The van der Waals surface area contributed by atoms with E-state index in [1.807, 2.05) is 13.8 Å². The first-order chi connectivity index (χ1) is 8.95. The molecular weight excluding hydrogens is 248 g/mol. The molecule has 108 valence electrons. The lowest BCUT2D eigenvalue weighted by Gasteiger charge is -2.22. The van der Waals surface area contributed by atoms with Crippen LogP contribution in [-0.2, 0) is 19.1 Å². The fourth-order valence-electron chi connectivity index (χ4n) is 2.04. The van der Waals surface area contributed by atoms with Gasteiger partial charge >= 0.3 is 5.97 Å². The zero-order valence-electron chi connectivity index (χ0n) is 11.8. The molecule has 1 fully saturated rings. The van der Waals surface area contributed by atoms with E-state index in [0.717, 1.165) is 0 Å². The number of carbonyl (C=O) groups excluding carboxylic acids is 3. The second-order valence-corrected chi connectivity index (χ2v) is 4.85. The molecule has 0 bridgehead atoms. The number of likely N-dealkylation sites (tertiary alicyclic amines) is 1. The predicted octanol–water partition coefficient (Wildman–Crippen LogP) is 0.455. The zero-order chi connectivity index (χ0) is 14.4. The van der Waals surface area contributed by atoms with E-state index < -0.39 is 6.04 Å². The largest absolute Gasteiger partial charge is 0.465 e. The Bertz CT molecular complexity index is 339. The van der Waals surface area contributed by atoms with Gasteiger partial charge in [-0.1, -0.05) is 13.8 Å². The number of ether oxygens (including phenoxy) is 1. The number of amides is 2. The number of hydrogen-bond acceptors (Lipinski definition) is 5. The van der Waals surface area contributed by atoms with E-state index in [2.05, 4.69) is 5.32 Å². The summed E-state index contributed by atoms with van der Waals surface area (Å²) < 4.78 is 4.98. The third-order valence-corrected chi connectivity index (χ3v) is 2.90. The Kier molecular flexibility index (Phi) is 5.95. The lowest BCUT2D eigenvalue weighted by molar-refractivity contribution is -0.147. The van der Waals surface area contributed by atoms with Gasteiger partial charge in [0.05, 0.1) is 6.61 Å². The Morgan fingerprint density at radius 1 is 1.32 bits per heavy atom. The van der Waals surface area contributed by atoms with Crippen LogP contribution in [0.4, 0.5) is 0 Å². The van der Waals surface area contributed by atoms with E-state index in [0.29, 0.717) is 13.0 Å². The van der Waals surface area contributed by atoms with Gasteiger partial charge in [-0.3, -0.25) is 19.3 Å². The molecule has 0 aromatic carbocycles. The summed E-state index contributed by atoms with van der Waals surface area (Å²) in [5, 5.41) is 3.09. The number of rotatable bonds is 7. The molecule has 0 aliphatic carbocycles. The molecule has 6 heteroatoms. The summed E-state index contributed by atoms with van der Waals surface area (Å²) in [6.45, 7) is 6.19. The molecule has 1 rings (SSSR count). The second-order valence-electron chi connectivity index (χ2n) is 4.85. The van der Waals surface area contributed by atoms with Crippen molar-refractivity contribution in [3.8, 4) is 0 Å². The molecule has 1 unspecified atom stereocenters. The van der Waals surface area contributed by atoms with Crippen molar-refractivity contribution in [3.05, 3.63) is 0 Å². The van der Waals surface area contributed by atoms with Crippen LogP contribution in [0.2, 0.25) is 0 Å². The first-order valence-corrected chi connectivity index (χ1v) is 6.71. The molecule has 0 aromatic rings. The highest BCUT2D eigenvalue weighted by Gasteiger charge is 2.30. The molecule has 0 radical (unpaired) electrons. The van der Waals surface area contributed by atoms with Gasteiger partial charge in [0.15, 0.2) is 0 Å². The van der Waals surface area contributed by atoms with Crippen LogP contribution in [-0.4, -0.2) is 47.9 Å². The van der Waals surface area contributed by atoms with E-state index in [1.165, 1.54) is 4.90 Å². The standard InChI is InChI=1S/C13H22N2O4/c1-4-19-13(18)10(14-9(2)3)7-8-15-11(16)5-6-12(15)17/h9-10,14H,4-8H2,1-3H3. The van der Waals surface area contributed by atoms with Gasteiger partial charge in [-0.15, -0.1) is 0 Å². The maximum absolute atomic E-state index is 11.8. The first kappa shape index (κ1) is 15.6. The number of carbonyl (C=O) groups is 3. The molecular formula is C13H22N2O4. The summed E-state index contributed by atoms with van der Waals surface area (Å²) in [7, 11) is 0. The van der Waals surface area contributed by atoms with Crippen molar-refractivity contribution in [2.75, 3.05) is 13.2 Å². The topological polar surface area (TPSA) is 75.7 Å². The van der Waals surface area contributed by atoms with Gasteiger partial charge in [-0.05, 0) is 13.3 Å². The normalized spacial score (nSPS) is 17.2. The average Bonchev–Trinajstić information content (AvgIpc) is 2.64. The van der Waals surface area contributed by atoms with Crippen LogP contribution in [0.3, 0.4) is 0 Å². The Balaban J connectivity index is 2.54. The molecule has 6 nitrogen and oxygen atoms in total. The minimum atomic E-state index is -0.485. The van der Waals surface area contributed by atoms with E-state index in [4.69, 9.17) is 4.74 Å². The average molecular weight is 270 g/mol. The fraction of sp³-hybridized carbons (Fsp3) is 0.769. The van der Waals surface area contributed by atoms with Crippen LogP contribution >= 0.6 is 0 Å². The van der Waals surface area contributed by atoms with Gasteiger partial charge < -0.3 is 10.1 Å². The van der Waals surface area contributed by atoms with Crippen molar-refractivity contribution in [1.82, 2.24) is 10.2 Å². The lowest BCUT2D eigenvalue weighted by Crippen LogP contribution is -2.44. The summed E-state index contributed by atoms with van der Waals surface area (Å²) in [6, 6.07) is -0.361. The highest BCUT2D eigenvalue weighted by molar-refractivity contribution is 6.01. The molecule has 0 spiro atoms. The molecule has 1 aliphatic heterocycles. The third-order valence-electron chi connectivity index (χ3n) is 2.90. The molecule has 0 saturated carbocycles. The lowest BCUT2D eigenvalue weighted by atomic mass is 10.1. The zero-order valence-corrected chi connectivity index (χ0v) is 11.8. The van der Waals surface area contributed by atoms with Crippen LogP contribution in [0, 0.1) is 0 Å². The molecule has 2 amide bonds. The number of nitrogens with zero attached hydrogens (tertiary/aromatic N) is 1. The third kappa shape index (κ3) is 4.63. The number of imide groups is 1. The van der Waals surface area contributed by atoms with Crippen LogP contribution < -0.4 is 5.32 Å². The van der Waals surface area contributed by atoms with Crippen LogP contribution in [0.5, 0.6) is 0 Å². The van der Waals surface area contributed by atoms with Crippen molar-refractivity contribution in [1.29, 1.82) is 0 Å². The maximum atomic E-state index is 11.8. The quantitative estimate of drug-likeness (QED) is 0.537. The molecule has 1 saturated heterocycles. The van der Waals surface area contributed by atoms with Crippen molar-refractivity contribution >= 4 is 17.8 Å². The molecule has 1 aliphatic rings. The van der Waals surface area contributed by atoms with E-state index >= 15 is 0 Å². The number of hydrogen-bond donors (Lipinski definition) is 1. The molecule has 1 heterocycles. The Morgan fingerprint density at radius 2 is 1.89 bits per heavy atom. The van der Waals surface area contributed by atoms with Crippen LogP contribution in [0.25, 0.3) is 0 Å². The van der Waals surface area contributed by atoms with E-state index in [1.54, 1.807) is 6.92 Å². The Hall–Kier alpha value is -1.43. The highest BCUT2D eigenvalue weighted by atomic mass is 16.5. The SMILES string of the molecule is CCOC(=O)C(CCN1C(=O)CCC1=O)NC(C)C. The van der Waals surface area contributed by atoms with Gasteiger partial charge in [-0.2, -0.15) is 0 Å². The summed E-state index contributed by atoms with van der Waals surface area (Å²) in [4.78, 5) is 36.0. The van der Waals surface area contributed by atoms with E-state index in [9.17, 15) is 14.4 Å². The van der Waals surface area contributed by atoms with Gasteiger partial charge in [0.25, 0.3) is 0 Å². The monoisotopic (exact) mass is 270 g/mol. The summed E-state index contributed by atoms with van der Waals surface area (Å²) in [6.07, 6.45) is 0.940. The molecule has 0 aromatic heterocycles. The minimum Gasteiger partial charge on any atom is -0.465 e. The van der Waals surface area contributed by atoms with Gasteiger partial charge in [0.2, 0.25) is 11.8 Å². The molecule has 19 heavy (non-hydrogen) atoms. The van der Waals surface area contributed by atoms with Gasteiger partial charge in [-0.25, -0.2) is 0 Å². The molecule has 1 atom stereocenters. The molecule has 1 N–H and O–H groups in total. The summed E-state index contributed by atoms with van der Waals surface area (Å²) in [5.74, 6) is -0.649. The van der Waals surface area contributed by atoms with E-state index in [-0.39, 0.29) is 43.2 Å². The van der Waals surface area contributed by atoms with Crippen molar-refractivity contribution in [3.63, 3.8) is 0 Å². The second kappa shape index (κ2) is 7.23. The van der Waals surface area contributed by atoms with Crippen LogP contribution in [0.1, 0.15) is 40.0 Å². The van der Waals surface area contributed by atoms with Crippen LogP contribution in [0.15, 0.2) is 0 Å². The van der Waals surface area contributed by atoms with Crippen molar-refractivity contribution in [2.24, 2.45) is 0 Å². The van der Waals surface area contributed by atoms with Crippen molar-refractivity contribution < 1.29 is 19.1 Å². The number of esters is 1. The van der Waals surface area contributed by atoms with Crippen molar-refractivity contribution in [2.45, 2.75) is 52.1 Å². The maximum Gasteiger partial charge on any atom is 0.323 e. The van der Waals surface area contributed by atoms with Gasteiger partial charge in [0.1, 0.15) is 6.04 Å². The Labute approximate surface area is 113 Å². The highest BCUT2D eigenvalue weighted by Crippen LogP contribution is 2.13. The van der Waals surface area contributed by atoms with Gasteiger partial charge in [0, 0.05) is 25.4 Å². The fourth-order valence-corrected chi connectivity index (χ4v) is 2.04. The Morgan fingerprint density at radius 3 is 2.37 bits per heavy atom. The summed E-state index contributed by atoms with van der Waals surface area (Å²) >= 11 is 0. The first-order valence-electron chi connectivity index (χ1n) is 6.71. The smallest absolute Gasteiger partial charge is 0.323 e. The number of nitrogens with one attached hydrogen (secondary N) is 1.